The van der Waals surface area contributed by atoms with Gasteiger partial charge >= 0.3 is 0 Å². The van der Waals surface area contributed by atoms with Gasteiger partial charge in [0.1, 0.15) is 5.82 Å². The zero-order chi connectivity index (χ0) is 17.9. The summed E-state index contributed by atoms with van der Waals surface area (Å²) in [6.45, 7) is 1.60. The molecule has 2 aromatic carbocycles. The molecule has 0 spiro atoms. The van der Waals surface area contributed by atoms with Crippen LogP contribution in [0.25, 0.3) is 10.8 Å². The average Bonchev–Trinajstić information content (AvgIpc) is 3.10. The number of hydrogen-bond donors (Lipinski definition) is 2. The van der Waals surface area contributed by atoms with Gasteiger partial charge in [-0.25, -0.2) is 4.39 Å². The number of carbonyl (C=O) groups is 1. The summed E-state index contributed by atoms with van der Waals surface area (Å²) in [6.07, 6.45) is 3.98. The van der Waals surface area contributed by atoms with Crippen LogP contribution in [0.3, 0.4) is 0 Å². The first-order valence-corrected chi connectivity index (χ1v) is 8.79. The lowest BCUT2D eigenvalue weighted by molar-refractivity contribution is -0.117. The van der Waals surface area contributed by atoms with Crippen molar-refractivity contribution >= 4 is 22.4 Å². The maximum Gasteiger partial charge on any atom is 0.224 e. The van der Waals surface area contributed by atoms with E-state index in [1.165, 1.54) is 12.1 Å². The van der Waals surface area contributed by atoms with Crippen LogP contribution in [-0.2, 0) is 4.79 Å². The zero-order valence-corrected chi connectivity index (χ0v) is 14.3. The molecule has 0 saturated carbocycles. The molecule has 1 saturated heterocycles. The fourth-order valence-electron chi connectivity index (χ4n) is 3.66. The van der Waals surface area contributed by atoms with Gasteiger partial charge < -0.3 is 10.6 Å². The van der Waals surface area contributed by atoms with Crippen molar-refractivity contribution in [3.8, 4) is 0 Å². The van der Waals surface area contributed by atoms with E-state index in [0.29, 0.717) is 6.42 Å². The maximum absolute atomic E-state index is 13.2. The van der Waals surface area contributed by atoms with Crippen molar-refractivity contribution in [3.63, 3.8) is 0 Å². The van der Waals surface area contributed by atoms with E-state index in [0.717, 1.165) is 35.1 Å². The molecule has 0 radical (unpaired) electrons. The van der Waals surface area contributed by atoms with Crippen LogP contribution in [-0.4, -0.2) is 24.0 Å². The first kappa shape index (κ1) is 16.7. The molecule has 1 aromatic heterocycles. The van der Waals surface area contributed by atoms with Crippen LogP contribution < -0.4 is 10.6 Å². The van der Waals surface area contributed by atoms with Gasteiger partial charge in [-0.05, 0) is 53.7 Å². The van der Waals surface area contributed by atoms with Crippen molar-refractivity contribution in [2.75, 3.05) is 18.4 Å². The number of carbonyl (C=O) groups excluding carboxylic acids is 1. The van der Waals surface area contributed by atoms with E-state index in [2.05, 4.69) is 15.6 Å². The van der Waals surface area contributed by atoms with E-state index in [9.17, 15) is 9.18 Å². The van der Waals surface area contributed by atoms with Gasteiger partial charge in [0.15, 0.2) is 0 Å². The van der Waals surface area contributed by atoms with Gasteiger partial charge in [-0.3, -0.25) is 9.78 Å². The Bertz CT molecular complexity index is 926. The molecule has 2 heterocycles. The lowest BCUT2D eigenvalue weighted by Gasteiger charge is -2.18. The fourth-order valence-corrected chi connectivity index (χ4v) is 3.66. The standard InChI is InChI=1S/C21H20FN3O/c22-18-4-1-14(2-5-18)20-13-24-12-17(20)10-21(26)25-19-6-3-16-11-23-8-7-15(16)9-19/h1-9,11,17,20,24H,10,12-13H2,(H,25,26)/t17-,20+/m1/s1. The van der Waals surface area contributed by atoms with Crippen LogP contribution in [0.4, 0.5) is 10.1 Å². The van der Waals surface area contributed by atoms with E-state index in [1.54, 1.807) is 12.4 Å². The molecule has 0 bridgehead atoms. The molecule has 132 valence electrons. The first-order chi connectivity index (χ1) is 12.7. The Hall–Kier alpha value is -2.79. The monoisotopic (exact) mass is 349 g/mol. The van der Waals surface area contributed by atoms with Gasteiger partial charge in [-0.15, -0.1) is 0 Å². The number of anilines is 1. The predicted octanol–water partition coefficient (Wildman–Crippen LogP) is 3.71. The number of aromatic nitrogens is 1. The van der Waals surface area contributed by atoms with Crippen LogP contribution in [0.1, 0.15) is 17.9 Å². The van der Waals surface area contributed by atoms with Crippen LogP contribution in [0.5, 0.6) is 0 Å². The molecule has 1 amide bonds. The van der Waals surface area contributed by atoms with E-state index < -0.39 is 0 Å². The zero-order valence-electron chi connectivity index (χ0n) is 14.3. The molecule has 1 fully saturated rings. The van der Waals surface area contributed by atoms with Crippen molar-refractivity contribution in [2.24, 2.45) is 5.92 Å². The van der Waals surface area contributed by atoms with Crippen LogP contribution in [0, 0.1) is 11.7 Å². The number of amides is 1. The lowest BCUT2D eigenvalue weighted by Crippen LogP contribution is -2.21. The van der Waals surface area contributed by atoms with Gasteiger partial charge in [0.2, 0.25) is 5.91 Å². The molecule has 4 nitrogen and oxygen atoms in total. The van der Waals surface area contributed by atoms with Crippen molar-refractivity contribution in [2.45, 2.75) is 12.3 Å². The van der Waals surface area contributed by atoms with E-state index in [4.69, 9.17) is 0 Å². The highest BCUT2D eigenvalue weighted by Crippen LogP contribution is 2.31. The minimum Gasteiger partial charge on any atom is -0.326 e. The molecule has 1 aliphatic rings. The maximum atomic E-state index is 13.2. The normalized spacial score (nSPS) is 19.6. The van der Waals surface area contributed by atoms with Gasteiger partial charge in [0.25, 0.3) is 0 Å². The van der Waals surface area contributed by atoms with E-state index in [-0.39, 0.29) is 23.6 Å². The third-order valence-corrected chi connectivity index (χ3v) is 5.01. The third kappa shape index (κ3) is 3.58. The number of rotatable bonds is 4. The highest BCUT2D eigenvalue weighted by molar-refractivity contribution is 5.94. The molecule has 2 atom stereocenters. The number of fused-ring (bicyclic) bond motifs is 1. The van der Waals surface area contributed by atoms with Gasteiger partial charge in [-0.1, -0.05) is 18.2 Å². The molecule has 4 rings (SSSR count). The van der Waals surface area contributed by atoms with Crippen LogP contribution in [0.2, 0.25) is 0 Å². The van der Waals surface area contributed by atoms with Crippen molar-refractivity contribution < 1.29 is 9.18 Å². The molecule has 0 aliphatic carbocycles. The summed E-state index contributed by atoms with van der Waals surface area (Å²) in [4.78, 5) is 16.6. The van der Waals surface area contributed by atoms with Gasteiger partial charge in [0.05, 0.1) is 0 Å². The van der Waals surface area contributed by atoms with Gasteiger partial charge in [-0.2, -0.15) is 0 Å². The Labute approximate surface area is 151 Å². The third-order valence-electron chi connectivity index (χ3n) is 5.01. The predicted molar refractivity (Wildman–Crippen MR) is 100 cm³/mol. The van der Waals surface area contributed by atoms with Gasteiger partial charge in [0, 0.05) is 42.4 Å². The Kier molecular flexibility index (Phi) is 4.63. The summed E-state index contributed by atoms with van der Waals surface area (Å²) in [6, 6.07) is 14.3. The summed E-state index contributed by atoms with van der Waals surface area (Å²) in [5.74, 6) is 0.189. The molecule has 5 heteroatoms. The Morgan fingerprint density at radius 2 is 1.96 bits per heavy atom. The largest absolute Gasteiger partial charge is 0.326 e. The molecule has 2 N–H and O–H groups in total. The second-order valence-corrected chi connectivity index (χ2v) is 6.77. The summed E-state index contributed by atoms with van der Waals surface area (Å²) < 4.78 is 13.2. The highest BCUT2D eigenvalue weighted by atomic mass is 19.1. The van der Waals surface area contributed by atoms with E-state index in [1.807, 2.05) is 36.4 Å². The van der Waals surface area contributed by atoms with Crippen LogP contribution in [0.15, 0.2) is 60.9 Å². The number of nitrogens with zero attached hydrogens (tertiary/aromatic N) is 1. The summed E-state index contributed by atoms with van der Waals surface area (Å²) in [5, 5.41) is 8.43. The lowest BCUT2D eigenvalue weighted by atomic mass is 9.86. The highest BCUT2D eigenvalue weighted by Gasteiger charge is 2.30. The number of benzene rings is 2. The fraction of sp³-hybridized carbons (Fsp3) is 0.238. The first-order valence-electron chi connectivity index (χ1n) is 8.79. The number of hydrogen-bond acceptors (Lipinski definition) is 3. The van der Waals surface area contributed by atoms with E-state index >= 15 is 0 Å². The number of halogens is 1. The molecule has 26 heavy (non-hydrogen) atoms. The molecular weight excluding hydrogens is 329 g/mol. The quantitative estimate of drug-likeness (QED) is 0.755. The minimum atomic E-state index is -0.236. The smallest absolute Gasteiger partial charge is 0.224 e. The molecule has 3 aromatic rings. The number of pyridine rings is 1. The SMILES string of the molecule is O=C(C[C@@H]1CNC[C@H]1c1ccc(F)cc1)Nc1ccc2cnccc2c1. The molecular formula is C21H20FN3O. The van der Waals surface area contributed by atoms with Crippen molar-refractivity contribution in [3.05, 3.63) is 72.3 Å². The Balaban J connectivity index is 1.43. The van der Waals surface area contributed by atoms with Crippen LogP contribution >= 0.6 is 0 Å². The topological polar surface area (TPSA) is 54.0 Å². The summed E-state index contributed by atoms with van der Waals surface area (Å²) >= 11 is 0. The Morgan fingerprint density at radius 1 is 1.12 bits per heavy atom. The molecule has 1 aliphatic heterocycles. The van der Waals surface area contributed by atoms with Crippen molar-refractivity contribution in [1.82, 2.24) is 10.3 Å². The number of nitrogens with one attached hydrogen (secondary N) is 2. The summed E-state index contributed by atoms with van der Waals surface area (Å²) in [5.41, 5.74) is 1.87. The summed E-state index contributed by atoms with van der Waals surface area (Å²) in [7, 11) is 0. The average molecular weight is 349 g/mol. The second-order valence-electron chi connectivity index (χ2n) is 6.77. The minimum absolute atomic E-state index is 0.000724. The molecule has 0 unspecified atom stereocenters. The van der Waals surface area contributed by atoms with Crippen molar-refractivity contribution in [1.29, 1.82) is 0 Å². The second kappa shape index (κ2) is 7.22. The Morgan fingerprint density at radius 3 is 2.81 bits per heavy atom.